The van der Waals surface area contributed by atoms with Gasteiger partial charge in [0.15, 0.2) is 0 Å². The zero-order valence-corrected chi connectivity index (χ0v) is 16.7. The molecule has 2 aromatic carbocycles. The normalized spacial score (nSPS) is 15.2. The van der Waals surface area contributed by atoms with Crippen molar-refractivity contribution in [3.63, 3.8) is 0 Å². The molecule has 29 heavy (non-hydrogen) atoms. The number of morpholine rings is 1. The van der Waals surface area contributed by atoms with E-state index in [1.165, 1.54) is 23.8 Å². The minimum Gasteiger partial charge on any atom is -0.379 e. The third-order valence-corrected chi connectivity index (χ3v) is 4.71. The molecule has 1 saturated heterocycles. The zero-order valence-electron chi connectivity index (χ0n) is 16.7. The number of hydrogen-bond acceptors (Lipinski definition) is 4. The number of carbonyl (C=O) groups excluding carboxylic acids is 1. The van der Waals surface area contributed by atoms with Crippen molar-refractivity contribution in [1.29, 1.82) is 0 Å². The summed E-state index contributed by atoms with van der Waals surface area (Å²) in [5.41, 5.74) is 2.27. The summed E-state index contributed by atoms with van der Waals surface area (Å²) >= 11 is 0. The highest BCUT2D eigenvalue weighted by atomic mass is 19.1. The van der Waals surface area contributed by atoms with Gasteiger partial charge in [-0.3, -0.25) is 20.0 Å². The lowest BCUT2D eigenvalue weighted by atomic mass is 10.1. The summed E-state index contributed by atoms with van der Waals surface area (Å²) < 4.78 is 18.8. The summed E-state index contributed by atoms with van der Waals surface area (Å²) in [7, 11) is 0. The number of aryl methyl sites for hydroxylation is 1. The van der Waals surface area contributed by atoms with Crippen LogP contribution in [-0.2, 0) is 11.2 Å². The average Bonchev–Trinajstić information content (AvgIpc) is 2.74. The molecular weight excluding hydrogens is 371 g/mol. The van der Waals surface area contributed by atoms with Crippen LogP contribution < -0.4 is 10.6 Å². The van der Waals surface area contributed by atoms with Gasteiger partial charge in [-0.25, -0.2) is 4.39 Å². The van der Waals surface area contributed by atoms with Crippen molar-refractivity contribution in [2.24, 2.45) is 4.99 Å². The number of carbonyl (C=O) groups is 1. The molecule has 0 atom stereocenters. The number of hydrogen-bond donors (Lipinski definition) is 2. The molecule has 0 saturated carbocycles. The molecule has 7 heteroatoms. The lowest BCUT2D eigenvalue weighted by Gasteiger charge is -2.25. The topological polar surface area (TPSA) is 66.0 Å². The van der Waals surface area contributed by atoms with Crippen LogP contribution in [0.4, 0.5) is 10.1 Å². The predicted molar refractivity (Wildman–Crippen MR) is 113 cm³/mol. The van der Waals surface area contributed by atoms with Gasteiger partial charge >= 0.3 is 0 Å². The Kier molecular flexibility index (Phi) is 7.72. The Hall–Kier alpha value is -2.77. The number of guanidine groups is 1. The Labute approximate surface area is 170 Å². The van der Waals surface area contributed by atoms with Gasteiger partial charge in [0.25, 0.3) is 5.91 Å². The van der Waals surface area contributed by atoms with Gasteiger partial charge in [0.2, 0.25) is 5.96 Å². The molecule has 154 valence electrons. The van der Waals surface area contributed by atoms with Crippen LogP contribution >= 0.6 is 0 Å². The molecule has 0 radical (unpaired) electrons. The van der Waals surface area contributed by atoms with E-state index in [9.17, 15) is 9.18 Å². The van der Waals surface area contributed by atoms with Crippen molar-refractivity contribution in [3.8, 4) is 0 Å². The highest BCUT2D eigenvalue weighted by Crippen LogP contribution is 2.11. The van der Waals surface area contributed by atoms with Crippen molar-refractivity contribution in [2.45, 2.75) is 13.3 Å². The van der Waals surface area contributed by atoms with Crippen molar-refractivity contribution in [3.05, 3.63) is 65.5 Å². The van der Waals surface area contributed by atoms with E-state index in [0.717, 1.165) is 45.0 Å². The van der Waals surface area contributed by atoms with E-state index in [0.29, 0.717) is 12.5 Å². The van der Waals surface area contributed by atoms with E-state index in [1.807, 2.05) is 24.3 Å². The van der Waals surface area contributed by atoms with Crippen molar-refractivity contribution in [2.75, 3.05) is 44.7 Å². The Balaban J connectivity index is 1.70. The Bertz CT molecular complexity index is 850. The first-order valence-electron chi connectivity index (χ1n) is 9.91. The third kappa shape index (κ3) is 6.66. The Morgan fingerprint density at radius 3 is 2.72 bits per heavy atom. The van der Waals surface area contributed by atoms with Crippen molar-refractivity contribution in [1.82, 2.24) is 10.2 Å². The van der Waals surface area contributed by atoms with Crippen LogP contribution in [0.1, 0.15) is 22.8 Å². The van der Waals surface area contributed by atoms with E-state index in [1.54, 1.807) is 6.07 Å². The summed E-state index contributed by atoms with van der Waals surface area (Å²) in [6.45, 7) is 6.61. The van der Waals surface area contributed by atoms with Crippen LogP contribution in [0.5, 0.6) is 0 Å². The summed E-state index contributed by atoms with van der Waals surface area (Å²) in [5.74, 6) is -0.512. The van der Waals surface area contributed by atoms with Crippen LogP contribution in [0, 0.1) is 5.82 Å². The van der Waals surface area contributed by atoms with Gasteiger partial charge < -0.3 is 10.1 Å². The second-order valence-corrected chi connectivity index (χ2v) is 6.83. The summed E-state index contributed by atoms with van der Waals surface area (Å²) in [5, 5.41) is 5.96. The SMILES string of the molecule is CCc1cccc(NC(=NCCN2CCOCC2)NC(=O)c2cccc(F)c2)c1. The fourth-order valence-corrected chi connectivity index (χ4v) is 3.05. The van der Waals surface area contributed by atoms with Crippen molar-refractivity contribution < 1.29 is 13.9 Å². The number of halogens is 1. The highest BCUT2D eigenvalue weighted by molar-refractivity contribution is 6.09. The summed E-state index contributed by atoms with van der Waals surface area (Å²) in [6.07, 6.45) is 0.911. The molecule has 0 aliphatic carbocycles. The first-order valence-corrected chi connectivity index (χ1v) is 9.91. The van der Waals surface area contributed by atoms with Crippen LogP contribution in [0.15, 0.2) is 53.5 Å². The number of rotatable bonds is 6. The molecule has 3 rings (SSSR count). The number of anilines is 1. The number of nitrogens with one attached hydrogen (secondary N) is 2. The lowest BCUT2D eigenvalue weighted by molar-refractivity contribution is 0.0394. The van der Waals surface area contributed by atoms with Gasteiger partial charge in [0.1, 0.15) is 5.82 Å². The summed E-state index contributed by atoms with van der Waals surface area (Å²) in [4.78, 5) is 19.4. The molecule has 2 N–H and O–H groups in total. The van der Waals surface area contributed by atoms with Gasteiger partial charge in [0, 0.05) is 30.9 Å². The molecule has 0 aromatic heterocycles. The Morgan fingerprint density at radius 2 is 1.97 bits per heavy atom. The van der Waals surface area contributed by atoms with E-state index in [2.05, 4.69) is 27.4 Å². The van der Waals surface area contributed by atoms with Gasteiger partial charge in [-0.1, -0.05) is 25.1 Å². The maximum atomic E-state index is 13.5. The molecule has 1 amide bonds. The standard InChI is InChI=1S/C22H27FN4O2/c1-2-17-5-3-8-20(15-17)25-22(24-9-10-27-11-13-29-14-12-27)26-21(28)18-6-4-7-19(23)16-18/h3-8,15-16H,2,9-14H2,1H3,(H2,24,25,26,28). The molecule has 1 aliphatic heterocycles. The number of nitrogens with zero attached hydrogens (tertiary/aromatic N) is 2. The number of benzene rings is 2. The highest BCUT2D eigenvalue weighted by Gasteiger charge is 2.12. The first-order chi connectivity index (χ1) is 14.1. The quantitative estimate of drug-likeness (QED) is 0.580. The van der Waals surface area contributed by atoms with Crippen LogP contribution in [0.25, 0.3) is 0 Å². The molecule has 0 spiro atoms. The van der Waals surface area contributed by atoms with Gasteiger partial charge in [-0.15, -0.1) is 0 Å². The Morgan fingerprint density at radius 1 is 1.17 bits per heavy atom. The minimum atomic E-state index is -0.452. The minimum absolute atomic E-state index is 0.245. The maximum absolute atomic E-state index is 13.5. The second kappa shape index (κ2) is 10.7. The molecule has 1 heterocycles. The molecule has 0 unspecified atom stereocenters. The van der Waals surface area contributed by atoms with E-state index >= 15 is 0 Å². The number of ether oxygens (including phenoxy) is 1. The second-order valence-electron chi connectivity index (χ2n) is 6.83. The fourth-order valence-electron chi connectivity index (χ4n) is 3.05. The number of amides is 1. The number of aliphatic imine (C=N–C) groups is 1. The predicted octanol–water partition coefficient (Wildman–Crippen LogP) is 2.92. The largest absolute Gasteiger partial charge is 0.379 e. The van der Waals surface area contributed by atoms with Gasteiger partial charge in [-0.05, 0) is 42.3 Å². The molecule has 1 aliphatic rings. The zero-order chi connectivity index (χ0) is 20.5. The molecule has 6 nitrogen and oxygen atoms in total. The van der Waals surface area contributed by atoms with Gasteiger partial charge in [0.05, 0.1) is 19.8 Å². The van der Waals surface area contributed by atoms with E-state index in [-0.39, 0.29) is 5.56 Å². The maximum Gasteiger partial charge on any atom is 0.258 e. The van der Waals surface area contributed by atoms with Crippen LogP contribution in [0.2, 0.25) is 0 Å². The van der Waals surface area contributed by atoms with E-state index in [4.69, 9.17) is 4.74 Å². The monoisotopic (exact) mass is 398 g/mol. The third-order valence-electron chi connectivity index (χ3n) is 4.71. The smallest absolute Gasteiger partial charge is 0.258 e. The molecule has 2 aromatic rings. The van der Waals surface area contributed by atoms with Crippen molar-refractivity contribution >= 4 is 17.6 Å². The van der Waals surface area contributed by atoms with Crippen LogP contribution in [-0.4, -0.2) is 56.2 Å². The summed E-state index contributed by atoms with van der Waals surface area (Å²) in [6, 6.07) is 13.5. The molecule has 0 bridgehead atoms. The van der Waals surface area contributed by atoms with Crippen LogP contribution in [0.3, 0.4) is 0 Å². The van der Waals surface area contributed by atoms with E-state index < -0.39 is 11.7 Å². The molecular formula is C22H27FN4O2. The van der Waals surface area contributed by atoms with Gasteiger partial charge in [-0.2, -0.15) is 0 Å². The molecule has 1 fully saturated rings. The average molecular weight is 398 g/mol. The fraction of sp³-hybridized carbons (Fsp3) is 0.364. The lowest BCUT2D eigenvalue weighted by Crippen LogP contribution is -2.39. The first kappa shape index (κ1) is 21.0.